The van der Waals surface area contributed by atoms with E-state index in [1.165, 1.54) is 11.3 Å². The van der Waals surface area contributed by atoms with E-state index in [1.807, 2.05) is 11.0 Å². The van der Waals surface area contributed by atoms with Crippen LogP contribution >= 0.6 is 11.6 Å². The molecule has 4 rings (SSSR count). The van der Waals surface area contributed by atoms with Crippen molar-refractivity contribution in [3.8, 4) is 11.5 Å². The Labute approximate surface area is 164 Å². The molecule has 0 atom stereocenters. The van der Waals surface area contributed by atoms with Crippen molar-refractivity contribution >= 4 is 23.2 Å². The topological polar surface area (TPSA) is 42.0 Å². The minimum atomic E-state index is 0.118. The molecule has 1 amide bonds. The number of aryl methyl sites for hydroxylation is 1. The highest BCUT2D eigenvalue weighted by molar-refractivity contribution is 6.32. The Morgan fingerprint density at radius 1 is 1.07 bits per heavy atom. The van der Waals surface area contributed by atoms with Crippen molar-refractivity contribution < 1.29 is 14.3 Å². The van der Waals surface area contributed by atoms with E-state index in [4.69, 9.17) is 21.1 Å². The number of hydrogen-bond acceptors (Lipinski definition) is 4. The number of benzene rings is 2. The van der Waals surface area contributed by atoms with E-state index in [0.29, 0.717) is 36.2 Å². The highest BCUT2D eigenvalue weighted by Gasteiger charge is 2.23. The molecule has 0 bridgehead atoms. The third kappa shape index (κ3) is 3.83. The Morgan fingerprint density at radius 2 is 1.81 bits per heavy atom. The fourth-order valence-corrected chi connectivity index (χ4v) is 3.96. The van der Waals surface area contributed by atoms with Crippen LogP contribution < -0.4 is 14.4 Å². The number of para-hydroxylation sites is 1. The van der Waals surface area contributed by atoms with E-state index >= 15 is 0 Å². The van der Waals surface area contributed by atoms with Crippen LogP contribution in [0.25, 0.3) is 0 Å². The molecule has 0 aliphatic carbocycles. The third-order valence-corrected chi connectivity index (χ3v) is 5.38. The summed E-state index contributed by atoms with van der Waals surface area (Å²) in [4.78, 5) is 17.0. The standard InChI is InChI=1S/C21H23ClN2O3/c1-15-4-2-3-5-18(15)23-6-8-24(9-7-23)20(25)14-16-12-17(22)21-19(13-16)26-10-11-27-21/h2-5,12-13H,6-11,14H2,1H3. The molecule has 142 valence electrons. The van der Waals surface area contributed by atoms with Gasteiger partial charge in [0.15, 0.2) is 11.5 Å². The van der Waals surface area contributed by atoms with Crippen LogP contribution in [0.15, 0.2) is 36.4 Å². The molecule has 0 radical (unpaired) electrons. The van der Waals surface area contributed by atoms with Crippen molar-refractivity contribution in [2.75, 3.05) is 44.3 Å². The van der Waals surface area contributed by atoms with Gasteiger partial charge in [-0.15, -0.1) is 0 Å². The number of hydrogen-bond donors (Lipinski definition) is 0. The molecule has 0 aromatic heterocycles. The first kappa shape index (κ1) is 18.0. The lowest BCUT2D eigenvalue weighted by Gasteiger charge is -2.37. The van der Waals surface area contributed by atoms with E-state index in [-0.39, 0.29) is 5.91 Å². The number of ether oxygens (including phenoxy) is 2. The van der Waals surface area contributed by atoms with Crippen molar-refractivity contribution in [1.29, 1.82) is 0 Å². The Bertz CT molecular complexity index is 847. The van der Waals surface area contributed by atoms with Crippen molar-refractivity contribution in [3.05, 3.63) is 52.5 Å². The molecule has 0 spiro atoms. The molecule has 0 unspecified atom stereocenters. The number of piperazine rings is 1. The van der Waals surface area contributed by atoms with Gasteiger partial charge in [0, 0.05) is 31.9 Å². The van der Waals surface area contributed by atoms with E-state index in [2.05, 4.69) is 36.1 Å². The number of nitrogens with zero attached hydrogens (tertiary/aromatic N) is 2. The van der Waals surface area contributed by atoms with Gasteiger partial charge in [-0.25, -0.2) is 0 Å². The van der Waals surface area contributed by atoms with Gasteiger partial charge < -0.3 is 19.3 Å². The van der Waals surface area contributed by atoms with Gasteiger partial charge in [0.25, 0.3) is 0 Å². The second-order valence-electron chi connectivity index (χ2n) is 6.93. The number of halogens is 1. The number of carbonyl (C=O) groups excluding carboxylic acids is 1. The molecule has 2 aliphatic heterocycles. The molecule has 2 aliphatic rings. The molecule has 2 heterocycles. The van der Waals surface area contributed by atoms with Gasteiger partial charge in [0.05, 0.1) is 11.4 Å². The third-order valence-electron chi connectivity index (χ3n) is 5.10. The lowest BCUT2D eigenvalue weighted by atomic mass is 10.1. The summed E-state index contributed by atoms with van der Waals surface area (Å²) in [6.45, 7) is 6.27. The Kier molecular flexibility index (Phi) is 5.12. The largest absolute Gasteiger partial charge is 0.486 e. The summed E-state index contributed by atoms with van der Waals surface area (Å²) in [7, 11) is 0. The number of rotatable bonds is 3. The first-order valence-corrected chi connectivity index (χ1v) is 9.66. The first-order chi connectivity index (χ1) is 13.1. The zero-order valence-electron chi connectivity index (χ0n) is 15.4. The monoisotopic (exact) mass is 386 g/mol. The normalized spacial score (nSPS) is 16.4. The van der Waals surface area contributed by atoms with Gasteiger partial charge in [0.1, 0.15) is 13.2 Å². The maximum atomic E-state index is 12.7. The summed E-state index contributed by atoms with van der Waals surface area (Å²) in [5.41, 5.74) is 3.38. The molecular formula is C21H23ClN2O3. The van der Waals surface area contributed by atoms with Crippen LogP contribution in [0.3, 0.4) is 0 Å². The maximum absolute atomic E-state index is 12.7. The predicted molar refractivity (Wildman–Crippen MR) is 106 cm³/mol. The molecule has 1 fully saturated rings. The summed E-state index contributed by atoms with van der Waals surface area (Å²) in [6, 6.07) is 12.0. The highest BCUT2D eigenvalue weighted by Crippen LogP contribution is 2.38. The van der Waals surface area contributed by atoms with Crippen LogP contribution in [0.4, 0.5) is 5.69 Å². The van der Waals surface area contributed by atoms with Gasteiger partial charge >= 0.3 is 0 Å². The summed E-state index contributed by atoms with van der Waals surface area (Å²) >= 11 is 6.28. The second kappa shape index (κ2) is 7.69. The van der Waals surface area contributed by atoms with Crippen LogP contribution in [-0.4, -0.2) is 50.2 Å². The van der Waals surface area contributed by atoms with Gasteiger partial charge in [-0.05, 0) is 36.2 Å². The van der Waals surface area contributed by atoms with Crippen LogP contribution in [0.1, 0.15) is 11.1 Å². The number of carbonyl (C=O) groups is 1. The Balaban J connectivity index is 1.39. The average molecular weight is 387 g/mol. The van der Waals surface area contributed by atoms with Gasteiger partial charge in [0.2, 0.25) is 5.91 Å². The zero-order chi connectivity index (χ0) is 18.8. The number of fused-ring (bicyclic) bond motifs is 1. The Hall–Kier alpha value is -2.40. The summed E-state index contributed by atoms with van der Waals surface area (Å²) in [5, 5.41) is 0.499. The minimum Gasteiger partial charge on any atom is -0.486 e. The van der Waals surface area contributed by atoms with E-state index in [9.17, 15) is 4.79 Å². The van der Waals surface area contributed by atoms with Crippen molar-refractivity contribution in [1.82, 2.24) is 4.90 Å². The van der Waals surface area contributed by atoms with Gasteiger partial charge in [-0.2, -0.15) is 0 Å². The zero-order valence-corrected chi connectivity index (χ0v) is 16.2. The first-order valence-electron chi connectivity index (χ1n) is 9.28. The van der Waals surface area contributed by atoms with Crippen molar-refractivity contribution in [3.63, 3.8) is 0 Å². The van der Waals surface area contributed by atoms with Crippen LogP contribution in [0.2, 0.25) is 5.02 Å². The smallest absolute Gasteiger partial charge is 0.227 e. The number of anilines is 1. The van der Waals surface area contributed by atoms with Crippen LogP contribution in [0.5, 0.6) is 11.5 Å². The molecular weight excluding hydrogens is 364 g/mol. The van der Waals surface area contributed by atoms with Crippen LogP contribution in [0, 0.1) is 6.92 Å². The van der Waals surface area contributed by atoms with Crippen molar-refractivity contribution in [2.45, 2.75) is 13.3 Å². The summed E-state index contributed by atoms with van der Waals surface area (Å²) < 4.78 is 11.1. The lowest BCUT2D eigenvalue weighted by molar-refractivity contribution is -0.130. The highest BCUT2D eigenvalue weighted by atomic mass is 35.5. The fourth-order valence-electron chi connectivity index (χ4n) is 3.67. The van der Waals surface area contributed by atoms with E-state index < -0.39 is 0 Å². The molecule has 6 heteroatoms. The summed E-state index contributed by atoms with van der Waals surface area (Å²) in [5.74, 6) is 1.32. The molecule has 0 N–H and O–H groups in total. The lowest BCUT2D eigenvalue weighted by Crippen LogP contribution is -2.49. The molecule has 5 nitrogen and oxygen atoms in total. The van der Waals surface area contributed by atoms with E-state index in [1.54, 1.807) is 6.07 Å². The molecule has 0 saturated carbocycles. The van der Waals surface area contributed by atoms with Crippen molar-refractivity contribution in [2.24, 2.45) is 0 Å². The Morgan fingerprint density at radius 3 is 2.59 bits per heavy atom. The second-order valence-corrected chi connectivity index (χ2v) is 7.34. The average Bonchev–Trinajstić information content (AvgIpc) is 2.68. The number of amides is 1. The quantitative estimate of drug-likeness (QED) is 0.811. The predicted octanol–water partition coefficient (Wildman–Crippen LogP) is 3.31. The van der Waals surface area contributed by atoms with Gasteiger partial charge in [-0.3, -0.25) is 4.79 Å². The molecule has 1 saturated heterocycles. The summed E-state index contributed by atoms with van der Waals surface area (Å²) in [6.07, 6.45) is 0.320. The molecule has 2 aromatic carbocycles. The fraction of sp³-hybridized carbons (Fsp3) is 0.381. The molecule has 27 heavy (non-hydrogen) atoms. The SMILES string of the molecule is Cc1ccccc1N1CCN(C(=O)Cc2cc(Cl)c3c(c2)OCCO3)CC1. The molecule has 2 aromatic rings. The van der Waals surface area contributed by atoms with Gasteiger partial charge in [-0.1, -0.05) is 29.8 Å². The minimum absolute atomic E-state index is 0.118. The maximum Gasteiger partial charge on any atom is 0.227 e. The van der Waals surface area contributed by atoms with E-state index in [0.717, 1.165) is 31.7 Å². The van der Waals surface area contributed by atoms with Crippen LogP contribution in [-0.2, 0) is 11.2 Å².